The zero-order chi connectivity index (χ0) is 15.2. The van der Waals surface area contributed by atoms with Crippen molar-refractivity contribution >= 4 is 21.6 Å². The predicted octanol–water partition coefficient (Wildman–Crippen LogP) is 2.66. The highest BCUT2D eigenvalue weighted by molar-refractivity contribution is 7.89. The highest BCUT2D eigenvalue weighted by Crippen LogP contribution is 2.18. The summed E-state index contributed by atoms with van der Waals surface area (Å²) in [7, 11) is -3.55. The zero-order valence-electron chi connectivity index (χ0n) is 11.8. The number of sulfonamides is 1. The molecule has 0 saturated heterocycles. The molecule has 1 unspecified atom stereocenters. The number of aliphatic hydroxyl groups is 1. The van der Waals surface area contributed by atoms with Gasteiger partial charge in [0.1, 0.15) is 0 Å². The van der Waals surface area contributed by atoms with Gasteiger partial charge in [0.2, 0.25) is 10.0 Å². The van der Waals surface area contributed by atoms with Crippen molar-refractivity contribution in [3.05, 3.63) is 29.3 Å². The molecule has 0 spiro atoms. The summed E-state index contributed by atoms with van der Waals surface area (Å²) in [6, 6.07) is 6.18. The Bertz CT molecular complexity index is 517. The molecule has 0 aromatic heterocycles. The monoisotopic (exact) mass is 319 g/mol. The number of nitrogens with one attached hydrogen (secondary N) is 1. The fourth-order valence-electron chi connectivity index (χ4n) is 2.10. The van der Waals surface area contributed by atoms with Crippen LogP contribution in [0.3, 0.4) is 0 Å². The van der Waals surface area contributed by atoms with Crippen molar-refractivity contribution in [1.82, 2.24) is 4.72 Å². The maximum absolute atomic E-state index is 12.1. The van der Waals surface area contributed by atoms with E-state index in [1.165, 1.54) is 12.1 Å². The van der Waals surface area contributed by atoms with Gasteiger partial charge in [-0.3, -0.25) is 0 Å². The Balaban J connectivity index is 2.70. The van der Waals surface area contributed by atoms with E-state index in [0.29, 0.717) is 23.9 Å². The SMILES string of the molecule is CC(C)CC(CCO)CNS(=O)(=O)c1cccc(Cl)c1. The van der Waals surface area contributed by atoms with Crippen LogP contribution in [0.2, 0.25) is 5.02 Å². The Morgan fingerprint density at radius 1 is 1.35 bits per heavy atom. The van der Waals surface area contributed by atoms with E-state index in [0.717, 1.165) is 6.42 Å². The first-order valence-electron chi connectivity index (χ1n) is 6.71. The summed E-state index contributed by atoms with van der Waals surface area (Å²) in [5.41, 5.74) is 0. The molecule has 4 nitrogen and oxygen atoms in total. The molecule has 1 rings (SSSR count). The molecule has 1 aromatic rings. The zero-order valence-corrected chi connectivity index (χ0v) is 13.4. The second-order valence-corrected chi connectivity index (χ2v) is 7.52. The maximum atomic E-state index is 12.1. The third kappa shape index (κ3) is 5.79. The van der Waals surface area contributed by atoms with E-state index >= 15 is 0 Å². The molecular weight excluding hydrogens is 298 g/mol. The van der Waals surface area contributed by atoms with Crippen LogP contribution < -0.4 is 4.72 Å². The number of hydrogen-bond donors (Lipinski definition) is 2. The standard InChI is InChI=1S/C14H22ClNO3S/c1-11(2)8-12(6-7-17)10-16-20(18,19)14-5-3-4-13(15)9-14/h3-5,9,11-12,16-17H,6-8,10H2,1-2H3. The Hall–Kier alpha value is -0.620. The minimum Gasteiger partial charge on any atom is -0.396 e. The fourth-order valence-corrected chi connectivity index (χ4v) is 3.51. The van der Waals surface area contributed by atoms with Crippen LogP contribution >= 0.6 is 11.6 Å². The molecular formula is C14H22ClNO3S. The van der Waals surface area contributed by atoms with Gasteiger partial charge < -0.3 is 5.11 Å². The molecule has 2 N–H and O–H groups in total. The molecule has 0 aliphatic rings. The number of benzene rings is 1. The molecule has 1 atom stereocenters. The summed E-state index contributed by atoms with van der Waals surface area (Å²) >= 11 is 5.81. The van der Waals surface area contributed by atoms with Crippen molar-refractivity contribution < 1.29 is 13.5 Å². The Morgan fingerprint density at radius 3 is 2.60 bits per heavy atom. The Kier molecular flexibility index (Phi) is 6.95. The van der Waals surface area contributed by atoms with E-state index in [1.54, 1.807) is 12.1 Å². The first-order chi connectivity index (χ1) is 9.35. The molecule has 114 valence electrons. The van der Waals surface area contributed by atoms with Gasteiger partial charge in [0, 0.05) is 18.2 Å². The molecule has 0 aliphatic heterocycles. The lowest BCUT2D eigenvalue weighted by Crippen LogP contribution is -2.30. The van der Waals surface area contributed by atoms with Crippen molar-refractivity contribution in [3.63, 3.8) is 0 Å². The molecule has 0 radical (unpaired) electrons. The van der Waals surface area contributed by atoms with Gasteiger partial charge in [-0.2, -0.15) is 0 Å². The normalized spacial score (nSPS) is 13.7. The van der Waals surface area contributed by atoms with Crippen LogP contribution in [0.4, 0.5) is 0 Å². The van der Waals surface area contributed by atoms with Crippen LogP contribution in [0.25, 0.3) is 0 Å². The molecule has 0 heterocycles. The quantitative estimate of drug-likeness (QED) is 0.774. The van der Waals surface area contributed by atoms with Crippen LogP contribution in [-0.2, 0) is 10.0 Å². The smallest absolute Gasteiger partial charge is 0.240 e. The molecule has 20 heavy (non-hydrogen) atoms. The lowest BCUT2D eigenvalue weighted by atomic mass is 9.95. The average Bonchev–Trinajstić information content (AvgIpc) is 2.36. The summed E-state index contributed by atoms with van der Waals surface area (Å²) in [5, 5.41) is 9.43. The van der Waals surface area contributed by atoms with Gasteiger partial charge in [-0.15, -0.1) is 0 Å². The van der Waals surface area contributed by atoms with E-state index < -0.39 is 10.0 Å². The Labute approximate surface area is 126 Å². The average molecular weight is 320 g/mol. The summed E-state index contributed by atoms with van der Waals surface area (Å²) in [6.07, 6.45) is 1.47. The van der Waals surface area contributed by atoms with Crippen LogP contribution in [0.1, 0.15) is 26.7 Å². The van der Waals surface area contributed by atoms with Gasteiger partial charge in [-0.05, 0) is 42.9 Å². The summed E-state index contributed by atoms with van der Waals surface area (Å²) in [5.74, 6) is 0.594. The highest BCUT2D eigenvalue weighted by Gasteiger charge is 2.17. The molecule has 6 heteroatoms. The van der Waals surface area contributed by atoms with Crippen molar-refractivity contribution in [2.75, 3.05) is 13.2 Å². The van der Waals surface area contributed by atoms with Crippen LogP contribution in [-0.4, -0.2) is 26.7 Å². The molecule has 0 fully saturated rings. The van der Waals surface area contributed by atoms with Gasteiger partial charge in [0.25, 0.3) is 0 Å². The van der Waals surface area contributed by atoms with Crippen LogP contribution in [0.15, 0.2) is 29.2 Å². The van der Waals surface area contributed by atoms with Crippen molar-refractivity contribution in [2.24, 2.45) is 11.8 Å². The largest absolute Gasteiger partial charge is 0.396 e. The second kappa shape index (κ2) is 7.98. The van der Waals surface area contributed by atoms with Crippen molar-refractivity contribution in [1.29, 1.82) is 0 Å². The van der Waals surface area contributed by atoms with Crippen molar-refractivity contribution in [2.45, 2.75) is 31.6 Å². The third-order valence-electron chi connectivity index (χ3n) is 3.01. The third-order valence-corrected chi connectivity index (χ3v) is 4.67. The van der Waals surface area contributed by atoms with E-state index in [1.807, 2.05) is 0 Å². The fraction of sp³-hybridized carbons (Fsp3) is 0.571. The number of hydrogen-bond acceptors (Lipinski definition) is 3. The minimum absolute atomic E-state index is 0.0658. The Morgan fingerprint density at radius 2 is 2.05 bits per heavy atom. The van der Waals surface area contributed by atoms with Crippen LogP contribution in [0.5, 0.6) is 0 Å². The summed E-state index contributed by atoms with van der Waals surface area (Å²) < 4.78 is 26.9. The molecule has 1 aromatic carbocycles. The highest BCUT2D eigenvalue weighted by atomic mass is 35.5. The van der Waals surface area contributed by atoms with Gasteiger partial charge in [0.05, 0.1) is 4.90 Å². The lowest BCUT2D eigenvalue weighted by Gasteiger charge is -2.18. The first-order valence-corrected chi connectivity index (χ1v) is 8.57. The number of rotatable bonds is 8. The van der Waals surface area contributed by atoms with Gasteiger partial charge in [-0.1, -0.05) is 31.5 Å². The summed E-state index contributed by atoms with van der Waals surface area (Å²) in [6.45, 7) is 4.55. The van der Waals surface area contributed by atoms with Gasteiger partial charge in [-0.25, -0.2) is 13.1 Å². The van der Waals surface area contributed by atoms with Crippen molar-refractivity contribution in [3.8, 4) is 0 Å². The van der Waals surface area contributed by atoms with E-state index in [2.05, 4.69) is 18.6 Å². The van der Waals surface area contributed by atoms with E-state index in [4.69, 9.17) is 16.7 Å². The summed E-state index contributed by atoms with van der Waals surface area (Å²) in [4.78, 5) is 0.164. The molecule has 0 saturated carbocycles. The maximum Gasteiger partial charge on any atom is 0.240 e. The number of aliphatic hydroxyl groups excluding tert-OH is 1. The predicted molar refractivity (Wildman–Crippen MR) is 81.3 cm³/mol. The minimum atomic E-state index is -3.55. The van der Waals surface area contributed by atoms with Crippen LogP contribution in [0, 0.1) is 11.8 Å². The topological polar surface area (TPSA) is 66.4 Å². The van der Waals surface area contributed by atoms with E-state index in [9.17, 15) is 8.42 Å². The molecule has 0 aliphatic carbocycles. The molecule has 0 bridgehead atoms. The second-order valence-electron chi connectivity index (χ2n) is 5.32. The molecule has 0 amide bonds. The lowest BCUT2D eigenvalue weighted by molar-refractivity contribution is 0.243. The van der Waals surface area contributed by atoms with E-state index in [-0.39, 0.29) is 17.4 Å². The number of halogens is 1. The van der Waals surface area contributed by atoms with Gasteiger partial charge in [0.15, 0.2) is 0 Å². The first kappa shape index (κ1) is 17.4. The van der Waals surface area contributed by atoms with Gasteiger partial charge >= 0.3 is 0 Å².